The van der Waals surface area contributed by atoms with Gasteiger partial charge >= 0.3 is 0 Å². The highest BCUT2D eigenvalue weighted by atomic mass is 16.5. The molecule has 4 heteroatoms. The van der Waals surface area contributed by atoms with Crippen molar-refractivity contribution in [3.63, 3.8) is 0 Å². The smallest absolute Gasteiger partial charge is 0.224 e. The molecule has 94 valence electrons. The van der Waals surface area contributed by atoms with Gasteiger partial charge in [-0.3, -0.25) is 4.79 Å². The lowest BCUT2D eigenvalue weighted by Gasteiger charge is -2.13. The molecule has 1 rings (SSSR count). The van der Waals surface area contributed by atoms with Crippen LogP contribution in [0.5, 0.6) is 5.75 Å². The highest BCUT2D eigenvalue weighted by Gasteiger charge is 2.11. The minimum Gasteiger partial charge on any atom is -0.496 e. The molecule has 3 N–H and O–H groups in total. The highest BCUT2D eigenvalue weighted by molar-refractivity contribution is 5.78. The van der Waals surface area contributed by atoms with Crippen LogP contribution in [0.2, 0.25) is 0 Å². The topological polar surface area (TPSA) is 64.3 Å². The minimum absolute atomic E-state index is 0.0314. The molecule has 0 heterocycles. The van der Waals surface area contributed by atoms with Gasteiger partial charge in [0.1, 0.15) is 5.75 Å². The Labute approximate surface area is 102 Å². The number of nitrogens with two attached hydrogens (primary N) is 1. The molecule has 0 aliphatic heterocycles. The van der Waals surface area contributed by atoms with Gasteiger partial charge in [-0.25, -0.2) is 0 Å². The zero-order valence-electron chi connectivity index (χ0n) is 10.6. The third-order valence-electron chi connectivity index (χ3n) is 2.69. The molecule has 1 atom stereocenters. The van der Waals surface area contributed by atoms with Gasteiger partial charge < -0.3 is 15.8 Å². The lowest BCUT2D eigenvalue weighted by Crippen LogP contribution is -2.32. The third kappa shape index (κ3) is 3.75. The molecule has 1 unspecified atom stereocenters. The van der Waals surface area contributed by atoms with Crippen molar-refractivity contribution in [3.8, 4) is 5.75 Å². The van der Waals surface area contributed by atoms with Gasteiger partial charge in [-0.05, 0) is 13.0 Å². The Bertz CT molecular complexity index is 391. The summed E-state index contributed by atoms with van der Waals surface area (Å²) < 4.78 is 5.24. The summed E-state index contributed by atoms with van der Waals surface area (Å²) in [6, 6.07) is 5.89. The van der Waals surface area contributed by atoms with E-state index in [0.717, 1.165) is 16.9 Å². The average molecular weight is 236 g/mol. The van der Waals surface area contributed by atoms with Gasteiger partial charge in [0.15, 0.2) is 0 Å². The summed E-state index contributed by atoms with van der Waals surface area (Å²) in [4.78, 5) is 11.6. The van der Waals surface area contributed by atoms with E-state index in [0.29, 0.717) is 13.1 Å². The molecule has 1 amide bonds. The number of ether oxygens (including phenoxy) is 1. The number of nitrogens with one attached hydrogen (secondary N) is 1. The van der Waals surface area contributed by atoms with Crippen molar-refractivity contribution in [1.82, 2.24) is 5.32 Å². The zero-order chi connectivity index (χ0) is 12.8. The Morgan fingerprint density at radius 1 is 1.53 bits per heavy atom. The molecular weight excluding hydrogens is 216 g/mol. The number of carbonyl (C=O) groups is 1. The number of amides is 1. The van der Waals surface area contributed by atoms with Gasteiger partial charge in [-0.2, -0.15) is 0 Å². The summed E-state index contributed by atoms with van der Waals surface area (Å²) in [5, 5.41) is 2.85. The summed E-state index contributed by atoms with van der Waals surface area (Å²) in [7, 11) is 1.62. The van der Waals surface area contributed by atoms with Crippen LogP contribution in [0.1, 0.15) is 18.1 Å². The lowest BCUT2D eigenvalue weighted by molar-refractivity contribution is -0.124. The predicted octanol–water partition coefficient (Wildman–Crippen LogP) is 1.21. The molecule has 0 saturated heterocycles. The van der Waals surface area contributed by atoms with E-state index in [-0.39, 0.29) is 11.8 Å². The van der Waals surface area contributed by atoms with Crippen LogP contribution in [0.25, 0.3) is 0 Å². The van der Waals surface area contributed by atoms with E-state index in [4.69, 9.17) is 10.5 Å². The quantitative estimate of drug-likeness (QED) is 0.807. The first-order valence-corrected chi connectivity index (χ1v) is 5.69. The maximum atomic E-state index is 11.6. The van der Waals surface area contributed by atoms with Crippen molar-refractivity contribution in [2.75, 3.05) is 13.7 Å². The number of hydrogen-bond acceptors (Lipinski definition) is 3. The number of hydrogen-bond donors (Lipinski definition) is 2. The largest absolute Gasteiger partial charge is 0.496 e. The van der Waals surface area contributed by atoms with E-state index in [1.807, 2.05) is 32.0 Å². The van der Waals surface area contributed by atoms with Gasteiger partial charge in [0.2, 0.25) is 5.91 Å². The van der Waals surface area contributed by atoms with Crippen molar-refractivity contribution in [1.29, 1.82) is 0 Å². The molecule has 1 aromatic rings. The van der Waals surface area contributed by atoms with E-state index >= 15 is 0 Å². The summed E-state index contributed by atoms with van der Waals surface area (Å²) in [6.07, 6.45) is 0. The van der Waals surface area contributed by atoms with Crippen molar-refractivity contribution in [3.05, 3.63) is 29.3 Å². The molecule has 0 bridgehead atoms. The summed E-state index contributed by atoms with van der Waals surface area (Å²) in [6.45, 7) is 4.64. The maximum Gasteiger partial charge on any atom is 0.224 e. The van der Waals surface area contributed by atoms with Crippen LogP contribution >= 0.6 is 0 Å². The molecule has 0 saturated carbocycles. The Morgan fingerprint density at radius 3 is 2.82 bits per heavy atom. The Morgan fingerprint density at radius 2 is 2.24 bits per heavy atom. The molecule has 0 aliphatic rings. The normalized spacial score (nSPS) is 12.0. The van der Waals surface area contributed by atoms with Crippen LogP contribution in [0.3, 0.4) is 0 Å². The lowest BCUT2D eigenvalue weighted by atomic mass is 10.1. The van der Waals surface area contributed by atoms with Gasteiger partial charge in [-0.1, -0.05) is 24.6 Å². The molecule has 0 radical (unpaired) electrons. The van der Waals surface area contributed by atoms with Crippen LogP contribution < -0.4 is 15.8 Å². The van der Waals surface area contributed by atoms with Crippen LogP contribution in [0.4, 0.5) is 0 Å². The Kier molecular flexibility index (Phi) is 4.97. The van der Waals surface area contributed by atoms with Crippen LogP contribution in [-0.2, 0) is 11.3 Å². The molecule has 0 fully saturated rings. The highest BCUT2D eigenvalue weighted by Crippen LogP contribution is 2.19. The fourth-order valence-corrected chi connectivity index (χ4v) is 1.51. The number of methoxy groups -OCH3 is 1. The van der Waals surface area contributed by atoms with E-state index in [2.05, 4.69) is 5.32 Å². The van der Waals surface area contributed by atoms with E-state index < -0.39 is 0 Å². The second kappa shape index (κ2) is 6.25. The zero-order valence-corrected chi connectivity index (χ0v) is 10.6. The summed E-state index contributed by atoms with van der Waals surface area (Å²) >= 11 is 0. The first-order valence-electron chi connectivity index (χ1n) is 5.69. The molecule has 4 nitrogen and oxygen atoms in total. The summed E-state index contributed by atoms with van der Waals surface area (Å²) in [5.41, 5.74) is 7.55. The van der Waals surface area contributed by atoms with Crippen molar-refractivity contribution >= 4 is 5.91 Å². The predicted molar refractivity (Wildman–Crippen MR) is 67.8 cm³/mol. The summed E-state index contributed by atoms with van der Waals surface area (Å²) in [5.74, 6) is 0.596. The van der Waals surface area contributed by atoms with E-state index in [1.165, 1.54) is 0 Å². The van der Waals surface area contributed by atoms with Crippen molar-refractivity contribution in [2.45, 2.75) is 20.4 Å². The Hall–Kier alpha value is -1.55. The monoisotopic (exact) mass is 236 g/mol. The maximum absolute atomic E-state index is 11.6. The number of aryl methyl sites for hydroxylation is 1. The first kappa shape index (κ1) is 13.5. The van der Waals surface area contributed by atoms with Crippen LogP contribution in [0, 0.1) is 12.8 Å². The average Bonchev–Trinajstić information content (AvgIpc) is 2.35. The van der Waals surface area contributed by atoms with Gasteiger partial charge in [0.05, 0.1) is 7.11 Å². The number of benzene rings is 1. The van der Waals surface area contributed by atoms with Gasteiger partial charge in [0.25, 0.3) is 0 Å². The second-order valence-corrected chi connectivity index (χ2v) is 4.17. The van der Waals surface area contributed by atoms with Crippen molar-refractivity contribution < 1.29 is 9.53 Å². The minimum atomic E-state index is -0.161. The first-order chi connectivity index (χ1) is 8.08. The number of carbonyl (C=O) groups excluding carboxylic acids is 1. The molecule has 17 heavy (non-hydrogen) atoms. The second-order valence-electron chi connectivity index (χ2n) is 4.17. The molecule has 0 aromatic heterocycles. The van der Waals surface area contributed by atoms with E-state index in [9.17, 15) is 4.79 Å². The van der Waals surface area contributed by atoms with E-state index in [1.54, 1.807) is 7.11 Å². The third-order valence-corrected chi connectivity index (χ3v) is 2.69. The Balaban J connectivity index is 2.68. The van der Waals surface area contributed by atoms with Crippen LogP contribution in [0.15, 0.2) is 18.2 Å². The van der Waals surface area contributed by atoms with Crippen LogP contribution in [-0.4, -0.2) is 19.6 Å². The number of rotatable bonds is 5. The fraction of sp³-hybridized carbons (Fsp3) is 0.462. The SMILES string of the molecule is COc1ccc(C)cc1CNC(=O)C(C)CN. The molecule has 0 spiro atoms. The molecule has 0 aliphatic carbocycles. The van der Waals surface area contributed by atoms with Crippen molar-refractivity contribution in [2.24, 2.45) is 11.7 Å². The molecular formula is C13H20N2O2. The fourth-order valence-electron chi connectivity index (χ4n) is 1.51. The van der Waals surface area contributed by atoms with Gasteiger partial charge in [0, 0.05) is 24.6 Å². The standard InChI is InChI=1S/C13H20N2O2/c1-9-4-5-12(17-3)11(6-9)8-15-13(16)10(2)7-14/h4-6,10H,7-8,14H2,1-3H3,(H,15,16). The molecule has 1 aromatic carbocycles. The van der Waals surface area contributed by atoms with Gasteiger partial charge in [-0.15, -0.1) is 0 Å².